The van der Waals surface area contributed by atoms with Crippen LogP contribution < -0.4 is 5.32 Å². The highest BCUT2D eigenvalue weighted by atomic mass is 16.5. The summed E-state index contributed by atoms with van der Waals surface area (Å²) in [6.07, 6.45) is 1.55. The van der Waals surface area contributed by atoms with Crippen LogP contribution in [0.5, 0.6) is 0 Å². The van der Waals surface area contributed by atoms with Crippen molar-refractivity contribution in [3.63, 3.8) is 0 Å². The number of nitrogens with one attached hydrogen (secondary N) is 1. The molecule has 0 radical (unpaired) electrons. The molecule has 1 aromatic heterocycles. The molecule has 0 aliphatic carbocycles. The van der Waals surface area contributed by atoms with E-state index in [1.807, 2.05) is 7.05 Å². The molecule has 0 aliphatic rings. The Morgan fingerprint density at radius 1 is 1.50 bits per heavy atom. The number of hydrogen-bond acceptors (Lipinski definition) is 5. The highest BCUT2D eigenvalue weighted by Crippen LogP contribution is 2.11. The maximum Gasteiger partial charge on any atom is 0.341 e. The van der Waals surface area contributed by atoms with Crippen molar-refractivity contribution >= 4 is 5.97 Å². The van der Waals surface area contributed by atoms with E-state index in [-0.39, 0.29) is 12.0 Å². The largest absolute Gasteiger partial charge is 0.462 e. The van der Waals surface area contributed by atoms with E-state index in [2.05, 4.69) is 24.3 Å². The van der Waals surface area contributed by atoms with Crippen molar-refractivity contribution in [3.8, 4) is 0 Å². The molecule has 0 bridgehead atoms. The van der Waals surface area contributed by atoms with Gasteiger partial charge in [-0.15, -0.1) is 0 Å². The Bertz CT molecular complexity index is 429. The summed E-state index contributed by atoms with van der Waals surface area (Å²) in [6, 6.07) is 0.227. The number of aryl methyl sites for hydroxylation is 1. The van der Waals surface area contributed by atoms with E-state index in [4.69, 9.17) is 9.47 Å². The van der Waals surface area contributed by atoms with Crippen LogP contribution in [-0.2, 0) is 23.1 Å². The second-order valence-electron chi connectivity index (χ2n) is 5.04. The van der Waals surface area contributed by atoms with Gasteiger partial charge in [0.05, 0.1) is 25.1 Å². The van der Waals surface area contributed by atoms with Crippen LogP contribution in [0, 0.1) is 5.92 Å². The first kappa shape index (κ1) is 16.7. The summed E-state index contributed by atoms with van der Waals surface area (Å²) in [4.78, 5) is 11.9. The van der Waals surface area contributed by atoms with Crippen LogP contribution in [0.1, 0.15) is 36.8 Å². The van der Waals surface area contributed by atoms with Gasteiger partial charge in [-0.05, 0) is 12.8 Å². The smallest absolute Gasteiger partial charge is 0.341 e. The Morgan fingerprint density at radius 2 is 2.20 bits per heavy atom. The van der Waals surface area contributed by atoms with Crippen LogP contribution in [0.2, 0.25) is 0 Å². The van der Waals surface area contributed by atoms with Crippen LogP contribution >= 0.6 is 0 Å². The topological polar surface area (TPSA) is 65.4 Å². The summed E-state index contributed by atoms with van der Waals surface area (Å²) in [5.41, 5.74) is 1.34. The normalized spacial score (nSPS) is 12.7. The third-order valence-electron chi connectivity index (χ3n) is 3.24. The van der Waals surface area contributed by atoms with Crippen molar-refractivity contribution in [2.75, 3.05) is 20.3 Å². The molecule has 1 aromatic rings. The van der Waals surface area contributed by atoms with Gasteiger partial charge in [-0.25, -0.2) is 4.79 Å². The second-order valence-corrected chi connectivity index (χ2v) is 5.04. The fourth-order valence-corrected chi connectivity index (χ4v) is 1.95. The van der Waals surface area contributed by atoms with Gasteiger partial charge in [-0.1, -0.05) is 13.8 Å². The highest BCUT2D eigenvalue weighted by Gasteiger charge is 2.19. The summed E-state index contributed by atoms with van der Waals surface area (Å²) >= 11 is 0. The van der Waals surface area contributed by atoms with Crippen molar-refractivity contribution in [1.82, 2.24) is 15.1 Å². The Hall–Kier alpha value is -1.40. The average molecular weight is 283 g/mol. The lowest BCUT2D eigenvalue weighted by Crippen LogP contribution is -2.38. The van der Waals surface area contributed by atoms with Crippen molar-refractivity contribution < 1.29 is 14.3 Å². The predicted octanol–water partition coefficient (Wildman–Crippen LogP) is 1.36. The van der Waals surface area contributed by atoms with Crippen molar-refractivity contribution in [2.45, 2.75) is 33.4 Å². The van der Waals surface area contributed by atoms with E-state index in [1.54, 1.807) is 24.9 Å². The van der Waals surface area contributed by atoms with Crippen LogP contribution in [0.3, 0.4) is 0 Å². The summed E-state index contributed by atoms with van der Waals surface area (Å²) in [5, 5.41) is 7.54. The van der Waals surface area contributed by atoms with Crippen molar-refractivity contribution in [1.29, 1.82) is 0 Å². The molecule has 0 saturated heterocycles. The van der Waals surface area contributed by atoms with Crippen molar-refractivity contribution in [3.05, 3.63) is 17.5 Å². The van der Waals surface area contributed by atoms with Crippen LogP contribution in [0.25, 0.3) is 0 Å². The first-order chi connectivity index (χ1) is 9.51. The van der Waals surface area contributed by atoms with Gasteiger partial charge in [-0.3, -0.25) is 4.68 Å². The van der Waals surface area contributed by atoms with Gasteiger partial charge in [-0.2, -0.15) is 5.10 Å². The number of carbonyl (C=O) groups excluding carboxylic acids is 1. The molecule has 6 heteroatoms. The number of ether oxygens (including phenoxy) is 2. The molecule has 1 heterocycles. The molecule has 20 heavy (non-hydrogen) atoms. The van der Waals surface area contributed by atoms with E-state index in [1.165, 1.54) is 0 Å². The van der Waals surface area contributed by atoms with E-state index in [0.29, 0.717) is 31.2 Å². The number of rotatable bonds is 8. The van der Waals surface area contributed by atoms with E-state index in [0.717, 1.165) is 5.69 Å². The van der Waals surface area contributed by atoms with Gasteiger partial charge in [0.25, 0.3) is 0 Å². The molecule has 1 unspecified atom stereocenters. The lowest BCUT2D eigenvalue weighted by Gasteiger charge is -2.21. The molecule has 0 spiro atoms. The van der Waals surface area contributed by atoms with Gasteiger partial charge in [0.15, 0.2) is 0 Å². The molecule has 6 nitrogen and oxygen atoms in total. The molecule has 0 aromatic carbocycles. The summed E-state index contributed by atoms with van der Waals surface area (Å²) in [6.45, 7) is 7.60. The summed E-state index contributed by atoms with van der Waals surface area (Å²) < 4.78 is 11.9. The van der Waals surface area contributed by atoms with E-state index < -0.39 is 0 Å². The van der Waals surface area contributed by atoms with Crippen molar-refractivity contribution in [2.24, 2.45) is 13.0 Å². The number of aromatic nitrogens is 2. The molecule has 114 valence electrons. The molecule has 1 rings (SSSR count). The molecular formula is C14H25N3O3. The predicted molar refractivity (Wildman–Crippen MR) is 76.5 cm³/mol. The lowest BCUT2D eigenvalue weighted by molar-refractivity contribution is 0.0524. The van der Waals surface area contributed by atoms with E-state index >= 15 is 0 Å². The zero-order valence-corrected chi connectivity index (χ0v) is 13.0. The lowest BCUT2D eigenvalue weighted by atomic mass is 10.1. The zero-order chi connectivity index (χ0) is 15.1. The third kappa shape index (κ3) is 4.31. The number of esters is 1. The molecule has 0 amide bonds. The number of methoxy groups -OCH3 is 1. The van der Waals surface area contributed by atoms with Gasteiger partial charge >= 0.3 is 5.97 Å². The standard InChI is InChI=1S/C14H25N3O3/c1-6-20-14(18)11-7-16-17(4)13(11)8-15-12(9-19-5)10(2)3/h7,10,12,15H,6,8-9H2,1-5H3. The first-order valence-corrected chi connectivity index (χ1v) is 6.91. The van der Waals surface area contributed by atoms with Gasteiger partial charge in [0.2, 0.25) is 0 Å². The maximum atomic E-state index is 11.9. The minimum absolute atomic E-state index is 0.227. The fraction of sp³-hybridized carbons (Fsp3) is 0.714. The van der Waals surface area contributed by atoms with Gasteiger partial charge in [0, 0.05) is 26.7 Å². The molecule has 0 fully saturated rings. The minimum atomic E-state index is -0.328. The molecule has 0 aliphatic heterocycles. The Balaban J connectivity index is 2.76. The monoisotopic (exact) mass is 283 g/mol. The molecule has 1 atom stereocenters. The molecule has 0 saturated carbocycles. The zero-order valence-electron chi connectivity index (χ0n) is 13.0. The van der Waals surface area contributed by atoms with Gasteiger partial charge < -0.3 is 14.8 Å². The number of hydrogen-bond donors (Lipinski definition) is 1. The Labute approximate surface area is 120 Å². The quantitative estimate of drug-likeness (QED) is 0.730. The van der Waals surface area contributed by atoms with Gasteiger partial charge in [0.1, 0.15) is 5.56 Å². The van der Waals surface area contributed by atoms with E-state index in [9.17, 15) is 4.79 Å². The maximum absolute atomic E-state index is 11.9. The van der Waals surface area contributed by atoms with Crippen LogP contribution in [0.4, 0.5) is 0 Å². The summed E-state index contributed by atoms with van der Waals surface area (Å²) in [7, 11) is 3.51. The fourth-order valence-electron chi connectivity index (χ4n) is 1.95. The average Bonchev–Trinajstić information content (AvgIpc) is 2.76. The minimum Gasteiger partial charge on any atom is -0.462 e. The third-order valence-corrected chi connectivity index (χ3v) is 3.24. The molecular weight excluding hydrogens is 258 g/mol. The van der Waals surface area contributed by atoms with Crippen LogP contribution in [0.15, 0.2) is 6.20 Å². The Kier molecular flexibility index (Phi) is 6.67. The Morgan fingerprint density at radius 3 is 2.75 bits per heavy atom. The highest BCUT2D eigenvalue weighted by molar-refractivity contribution is 5.90. The van der Waals surface area contributed by atoms with Crippen LogP contribution in [-0.4, -0.2) is 42.1 Å². The number of nitrogens with zero attached hydrogens (tertiary/aromatic N) is 2. The first-order valence-electron chi connectivity index (χ1n) is 6.91. The molecule has 1 N–H and O–H groups in total. The summed E-state index contributed by atoms with van der Waals surface area (Å²) in [5.74, 6) is 0.111. The SMILES string of the molecule is CCOC(=O)c1cnn(C)c1CNC(COC)C(C)C. The number of carbonyl (C=O) groups is 1. The second kappa shape index (κ2) is 8.01.